The second-order valence-corrected chi connectivity index (χ2v) is 5.80. The van der Waals surface area contributed by atoms with Crippen LogP contribution in [0.5, 0.6) is 0 Å². The number of rotatable bonds is 16. The molecule has 0 aliphatic heterocycles. The zero-order chi connectivity index (χ0) is 15.8. The van der Waals surface area contributed by atoms with Gasteiger partial charge in [0.1, 0.15) is 6.79 Å². The second-order valence-electron chi connectivity index (χ2n) is 5.80. The van der Waals surface area contributed by atoms with Crippen molar-refractivity contribution in [3.05, 3.63) is 0 Å². The number of ether oxygens (including phenoxy) is 1. The van der Waals surface area contributed by atoms with E-state index in [9.17, 15) is 4.79 Å². The van der Waals surface area contributed by atoms with Gasteiger partial charge in [-0.3, -0.25) is 0 Å². The normalized spacial score (nSPS) is 12.5. The standard InChI is InChI=1S/C17H34O4/c1-2-3-4-5-6-7-8-9-10-11-12-13-14-16(17(19)20)21-15-18/h16,18H,2-15H2,1H3,(H,19,20). The Morgan fingerprint density at radius 1 is 0.857 bits per heavy atom. The minimum Gasteiger partial charge on any atom is -0.479 e. The molecule has 126 valence electrons. The molecule has 0 aromatic heterocycles. The lowest BCUT2D eigenvalue weighted by Crippen LogP contribution is -2.24. The molecule has 21 heavy (non-hydrogen) atoms. The van der Waals surface area contributed by atoms with Crippen LogP contribution in [0.3, 0.4) is 0 Å². The van der Waals surface area contributed by atoms with Crippen LogP contribution in [0.25, 0.3) is 0 Å². The Balaban J connectivity index is 3.23. The largest absolute Gasteiger partial charge is 0.479 e. The molecule has 0 rings (SSSR count). The van der Waals surface area contributed by atoms with Gasteiger partial charge >= 0.3 is 5.97 Å². The lowest BCUT2D eigenvalue weighted by molar-refractivity contribution is -0.157. The zero-order valence-electron chi connectivity index (χ0n) is 13.7. The van der Waals surface area contributed by atoms with Crippen LogP contribution in [0, 0.1) is 0 Å². The first kappa shape index (κ1) is 20.4. The Morgan fingerprint density at radius 2 is 1.29 bits per heavy atom. The smallest absolute Gasteiger partial charge is 0.332 e. The number of hydrogen-bond acceptors (Lipinski definition) is 3. The summed E-state index contributed by atoms with van der Waals surface area (Å²) < 4.78 is 4.76. The maximum Gasteiger partial charge on any atom is 0.332 e. The molecule has 0 bridgehead atoms. The van der Waals surface area contributed by atoms with Crippen molar-refractivity contribution in [2.24, 2.45) is 0 Å². The Labute approximate surface area is 129 Å². The highest BCUT2D eigenvalue weighted by atomic mass is 16.6. The molecule has 0 spiro atoms. The molecule has 0 heterocycles. The summed E-state index contributed by atoms with van der Waals surface area (Å²) in [6, 6.07) is 0. The molecule has 0 saturated heterocycles. The number of aliphatic hydroxyl groups is 1. The molecule has 0 aliphatic rings. The van der Waals surface area contributed by atoms with Crippen LogP contribution in [0.1, 0.15) is 90.4 Å². The van der Waals surface area contributed by atoms with Crippen molar-refractivity contribution in [3.63, 3.8) is 0 Å². The van der Waals surface area contributed by atoms with Crippen LogP contribution < -0.4 is 0 Å². The number of aliphatic carboxylic acids is 1. The number of carboxylic acid groups (broad SMARTS) is 1. The molecule has 0 amide bonds. The van der Waals surface area contributed by atoms with Crippen molar-refractivity contribution >= 4 is 5.97 Å². The predicted molar refractivity (Wildman–Crippen MR) is 85.3 cm³/mol. The van der Waals surface area contributed by atoms with E-state index < -0.39 is 18.9 Å². The average Bonchev–Trinajstić information content (AvgIpc) is 2.47. The molecule has 0 fully saturated rings. The van der Waals surface area contributed by atoms with E-state index in [1.165, 1.54) is 64.2 Å². The summed E-state index contributed by atoms with van der Waals surface area (Å²) in [5.41, 5.74) is 0. The highest BCUT2D eigenvalue weighted by Crippen LogP contribution is 2.13. The summed E-state index contributed by atoms with van der Waals surface area (Å²) in [5.74, 6) is -0.980. The maximum atomic E-state index is 10.8. The second kappa shape index (κ2) is 15.8. The van der Waals surface area contributed by atoms with E-state index in [4.69, 9.17) is 14.9 Å². The first-order valence-electron chi connectivity index (χ1n) is 8.67. The van der Waals surface area contributed by atoms with Crippen molar-refractivity contribution in [2.45, 2.75) is 96.5 Å². The van der Waals surface area contributed by atoms with Crippen molar-refractivity contribution in [2.75, 3.05) is 6.79 Å². The molecule has 1 unspecified atom stereocenters. The summed E-state index contributed by atoms with van der Waals surface area (Å²) >= 11 is 0. The Kier molecular flexibility index (Phi) is 15.3. The zero-order valence-corrected chi connectivity index (χ0v) is 13.7. The van der Waals surface area contributed by atoms with Crippen molar-refractivity contribution < 1.29 is 19.7 Å². The number of hydrogen-bond donors (Lipinski definition) is 2. The van der Waals surface area contributed by atoms with Gasteiger partial charge in [-0.05, 0) is 6.42 Å². The van der Waals surface area contributed by atoms with Crippen LogP contribution in [-0.2, 0) is 9.53 Å². The van der Waals surface area contributed by atoms with Gasteiger partial charge < -0.3 is 14.9 Å². The SMILES string of the molecule is CCCCCCCCCCCCCCC(OCO)C(=O)O. The Bertz CT molecular complexity index is 231. The number of carbonyl (C=O) groups is 1. The number of unbranched alkanes of at least 4 members (excludes halogenated alkanes) is 11. The van der Waals surface area contributed by atoms with E-state index in [-0.39, 0.29) is 0 Å². The lowest BCUT2D eigenvalue weighted by atomic mass is 10.0. The first-order valence-corrected chi connectivity index (χ1v) is 8.67. The summed E-state index contributed by atoms with van der Waals surface area (Å²) in [5, 5.41) is 17.4. The van der Waals surface area contributed by atoms with E-state index in [0.717, 1.165) is 12.8 Å². The van der Waals surface area contributed by atoms with E-state index in [0.29, 0.717) is 6.42 Å². The fraction of sp³-hybridized carbons (Fsp3) is 0.941. The van der Waals surface area contributed by atoms with E-state index >= 15 is 0 Å². The molecule has 2 N–H and O–H groups in total. The summed E-state index contributed by atoms with van der Waals surface area (Å²) in [4.78, 5) is 10.8. The molecule has 0 aromatic carbocycles. The molecule has 4 heteroatoms. The quantitative estimate of drug-likeness (QED) is 0.325. The van der Waals surface area contributed by atoms with Crippen LogP contribution in [0.4, 0.5) is 0 Å². The minimum atomic E-state index is -0.980. The highest BCUT2D eigenvalue weighted by molar-refractivity contribution is 5.72. The molecule has 0 aromatic rings. The lowest BCUT2D eigenvalue weighted by Gasteiger charge is -2.11. The molecule has 0 saturated carbocycles. The van der Waals surface area contributed by atoms with Gasteiger partial charge in [0.15, 0.2) is 6.10 Å². The van der Waals surface area contributed by atoms with Gasteiger partial charge in [-0.25, -0.2) is 4.79 Å². The highest BCUT2D eigenvalue weighted by Gasteiger charge is 2.16. The third-order valence-corrected chi connectivity index (χ3v) is 3.87. The Morgan fingerprint density at radius 3 is 1.67 bits per heavy atom. The summed E-state index contributed by atoms with van der Waals surface area (Å²) in [6.07, 6.45) is 14.8. The van der Waals surface area contributed by atoms with Gasteiger partial charge in [-0.1, -0.05) is 84.0 Å². The van der Waals surface area contributed by atoms with E-state index in [1.807, 2.05) is 0 Å². The van der Waals surface area contributed by atoms with Crippen LogP contribution in [0.2, 0.25) is 0 Å². The molecule has 1 atom stereocenters. The van der Waals surface area contributed by atoms with E-state index in [1.54, 1.807) is 0 Å². The first-order chi connectivity index (χ1) is 10.2. The van der Waals surface area contributed by atoms with Gasteiger partial charge in [-0.2, -0.15) is 0 Å². The third kappa shape index (κ3) is 14.1. The van der Waals surface area contributed by atoms with Gasteiger partial charge in [-0.15, -0.1) is 0 Å². The van der Waals surface area contributed by atoms with Gasteiger partial charge in [0.2, 0.25) is 0 Å². The van der Waals surface area contributed by atoms with Crippen molar-refractivity contribution in [1.82, 2.24) is 0 Å². The van der Waals surface area contributed by atoms with Crippen LogP contribution in [0.15, 0.2) is 0 Å². The van der Waals surface area contributed by atoms with Crippen LogP contribution >= 0.6 is 0 Å². The van der Waals surface area contributed by atoms with Crippen molar-refractivity contribution in [1.29, 1.82) is 0 Å². The van der Waals surface area contributed by atoms with E-state index in [2.05, 4.69) is 6.92 Å². The minimum absolute atomic E-state index is 0.493. The van der Waals surface area contributed by atoms with Gasteiger partial charge in [0.05, 0.1) is 0 Å². The third-order valence-electron chi connectivity index (χ3n) is 3.87. The van der Waals surface area contributed by atoms with Crippen molar-refractivity contribution in [3.8, 4) is 0 Å². The van der Waals surface area contributed by atoms with Gasteiger partial charge in [0.25, 0.3) is 0 Å². The summed E-state index contributed by atoms with van der Waals surface area (Å²) in [7, 11) is 0. The fourth-order valence-electron chi connectivity index (χ4n) is 2.54. The molecular formula is C17H34O4. The fourth-order valence-corrected chi connectivity index (χ4v) is 2.54. The topological polar surface area (TPSA) is 66.8 Å². The predicted octanol–water partition coefficient (Wildman–Crippen LogP) is 4.50. The maximum absolute atomic E-state index is 10.8. The number of carboxylic acids is 1. The molecule has 4 nitrogen and oxygen atoms in total. The molecular weight excluding hydrogens is 268 g/mol. The monoisotopic (exact) mass is 302 g/mol. The molecule has 0 radical (unpaired) electrons. The number of aliphatic hydroxyl groups excluding tert-OH is 1. The average molecular weight is 302 g/mol. The van der Waals surface area contributed by atoms with Gasteiger partial charge in [0, 0.05) is 0 Å². The van der Waals surface area contributed by atoms with Crippen LogP contribution in [-0.4, -0.2) is 29.1 Å². The molecule has 0 aliphatic carbocycles. The summed E-state index contributed by atoms with van der Waals surface area (Å²) in [6.45, 7) is 1.73. The Hall–Kier alpha value is -0.610.